The highest BCUT2D eigenvalue weighted by Gasteiger charge is 2.22. The fourth-order valence-corrected chi connectivity index (χ4v) is 4.22. The Morgan fingerprint density at radius 3 is 2.48 bits per heavy atom. The SMILES string of the molecule is CCN(Cc1ccc(OC)c(F)c1)C(=O)c1cc(S(=O)(=O)NC(C)C)ccc1Cl. The van der Waals surface area contributed by atoms with Gasteiger partial charge in [0, 0.05) is 19.1 Å². The zero-order valence-electron chi connectivity index (χ0n) is 16.7. The average Bonchev–Trinajstić information content (AvgIpc) is 2.65. The van der Waals surface area contributed by atoms with E-state index in [9.17, 15) is 17.6 Å². The molecule has 6 nitrogen and oxygen atoms in total. The number of ether oxygens (including phenoxy) is 1. The molecule has 0 heterocycles. The Morgan fingerprint density at radius 2 is 1.93 bits per heavy atom. The van der Waals surface area contributed by atoms with E-state index in [1.165, 1.54) is 42.3 Å². The monoisotopic (exact) mass is 442 g/mol. The standard InChI is InChI=1S/C20H24ClFN2O4S/c1-5-24(12-14-6-9-19(28-4)18(22)10-14)20(25)16-11-15(7-8-17(16)21)29(26,27)23-13(2)3/h6-11,13,23H,5,12H2,1-4H3. The summed E-state index contributed by atoms with van der Waals surface area (Å²) in [5.41, 5.74) is 0.633. The van der Waals surface area contributed by atoms with Gasteiger partial charge in [0.25, 0.3) is 5.91 Å². The van der Waals surface area contributed by atoms with Gasteiger partial charge in [0.1, 0.15) is 0 Å². The highest BCUT2D eigenvalue weighted by molar-refractivity contribution is 7.89. The summed E-state index contributed by atoms with van der Waals surface area (Å²) >= 11 is 6.18. The predicted octanol–water partition coefficient (Wildman–Crippen LogP) is 3.84. The van der Waals surface area contributed by atoms with E-state index < -0.39 is 21.7 Å². The maximum Gasteiger partial charge on any atom is 0.255 e. The van der Waals surface area contributed by atoms with Crippen LogP contribution < -0.4 is 9.46 Å². The maximum absolute atomic E-state index is 14.0. The average molecular weight is 443 g/mol. The van der Waals surface area contributed by atoms with Crippen LogP contribution in [0.2, 0.25) is 5.02 Å². The Morgan fingerprint density at radius 1 is 1.24 bits per heavy atom. The predicted molar refractivity (Wildman–Crippen MR) is 110 cm³/mol. The molecule has 0 saturated carbocycles. The zero-order valence-corrected chi connectivity index (χ0v) is 18.3. The number of nitrogens with zero attached hydrogens (tertiary/aromatic N) is 1. The lowest BCUT2D eigenvalue weighted by Gasteiger charge is -2.22. The highest BCUT2D eigenvalue weighted by atomic mass is 35.5. The molecule has 29 heavy (non-hydrogen) atoms. The van der Waals surface area contributed by atoms with Crippen molar-refractivity contribution in [3.63, 3.8) is 0 Å². The second-order valence-corrected chi connectivity index (χ2v) is 8.83. The molecule has 0 spiro atoms. The third kappa shape index (κ3) is 5.68. The molecule has 2 aromatic rings. The van der Waals surface area contributed by atoms with Crippen molar-refractivity contribution in [2.24, 2.45) is 0 Å². The van der Waals surface area contributed by atoms with E-state index in [0.717, 1.165) is 0 Å². The third-order valence-electron chi connectivity index (χ3n) is 4.13. The van der Waals surface area contributed by atoms with Gasteiger partial charge in [-0.05, 0) is 56.7 Å². The van der Waals surface area contributed by atoms with Crippen molar-refractivity contribution in [3.8, 4) is 5.75 Å². The minimum atomic E-state index is -3.78. The normalized spacial score (nSPS) is 11.6. The van der Waals surface area contributed by atoms with Crippen LogP contribution in [-0.4, -0.2) is 38.9 Å². The van der Waals surface area contributed by atoms with Crippen LogP contribution in [0.15, 0.2) is 41.3 Å². The number of sulfonamides is 1. The number of benzene rings is 2. The maximum atomic E-state index is 14.0. The molecular weight excluding hydrogens is 419 g/mol. The van der Waals surface area contributed by atoms with Crippen molar-refractivity contribution < 1.29 is 22.3 Å². The molecule has 0 bridgehead atoms. The number of halogens is 2. The molecule has 0 aliphatic rings. The molecule has 0 aromatic heterocycles. The fourth-order valence-electron chi connectivity index (χ4n) is 2.74. The van der Waals surface area contributed by atoms with E-state index in [1.54, 1.807) is 26.8 Å². The van der Waals surface area contributed by atoms with Crippen LogP contribution in [0.25, 0.3) is 0 Å². The molecule has 1 N–H and O–H groups in total. The van der Waals surface area contributed by atoms with E-state index in [2.05, 4.69) is 4.72 Å². The first-order valence-corrected chi connectivity index (χ1v) is 10.9. The van der Waals surface area contributed by atoms with Crippen LogP contribution in [0.5, 0.6) is 5.75 Å². The van der Waals surface area contributed by atoms with Gasteiger partial charge in [-0.2, -0.15) is 0 Å². The van der Waals surface area contributed by atoms with Crippen LogP contribution in [0.3, 0.4) is 0 Å². The van der Waals surface area contributed by atoms with Crippen molar-refractivity contribution in [1.29, 1.82) is 0 Å². The molecule has 0 atom stereocenters. The molecule has 158 valence electrons. The highest BCUT2D eigenvalue weighted by Crippen LogP contribution is 2.24. The first-order valence-electron chi connectivity index (χ1n) is 9.02. The summed E-state index contributed by atoms with van der Waals surface area (Å²) in [7, 11) is -2.41. The van der Waals surface area contributed by atoms with Gasteiger partial charge in [0.15, 0.2) is 11.6 Å². The van der Waals surface area contributed by atoms with E-state index in [-0.39, 0.29) is 33.8 Å². The summed E-state index contributed by atoms with van der Waals surface area (Å²) in [6.45, 7) is 5.63. The minimum Gasteiger partial charge on any atom is -0.494 e. The molecule has 2 rings (SSSR count). The van der Waals surface area contributed by atoms with Crippen molar-refractivity contribution in [2.45, 2.75) is 38.3 Å². The summed E-state index contributed by atoms with van der Waals surface area (Å²) in [5.74, 6) is -0.864. The molecule has 0 aliphatic heterocycles. The molecule has 0 radical (unpaired) electrons. The first kappa shape index (κ1) is 23.1. The smallest absolute Gasteiger partial charge is 0.255 e. The largest absolute Gasteiger partial charge is 0.494 e. The molecular formula is C20H24ClFN2O4S. The van der Waals surface area contributed by atoms with Crippen molar-refractivity contribution in [3.05, 3.63) is 58.4 Å². The van der Waals surface area contributed by atoms with Crippen LogP contribution >= 0.6 is 11.6 Å². The zero-order chi connectivity index (χ0) is 21.8. The number of rotatable bonds is 8. The lowest BCUT2D eigenvalue weighted by Crippen LogP contribution is -2.32. The van der Waals surface area contributed by atoms with E-state index in [0.29, 0.717) is 12.1 Å². The van der Waals surface area contributed by atoms with E-state index in [4.69, 9.17) is 16.3 Å². The van der Waals surface area contributed by atoms with E-state index in [1.807, 2.05) is 0 Å². The Hall–Kier alpha value is -2.16. The molecule has 1 amide bonds. The van der Waals surface area contributed by atoms with Gasteiger partial charge < -0.3 is 9.64 Å². The topological polar surface area (TPSA) is 75.7 Å². The first-order chi connectivity index (χ1) is 13.6. The number of amides is 1. The van der Waals surface area contributed by atoms with Crippen LogP contribution in [0.4, 0.5) is 4.39 Å². The van der Waals surface area contributed by atoms with Crippen molar-refractivity contribution >= 4 is 27.5 Å². The van der Waals surface area contributed by atoms with Gasteiger partial charge in [-0.25, -0.2) is 17.5 Å². The number of methoxy groups -OCH3 is 1. The lowest BCUT2D eigenvalue weighted by atomic mass is 10.1. The summed E-state index contributed by atoms with van der Waals surface area (Å²) in [6.07, 6.45) is 0. The Kier molecular flexibility index (Phi) is 7.62. The summed E-state index contributed by atoms with van der Waals surface area (Å²) < 4.78 is 46.2. The molecule has 0 fully saturated rings. The molecule has 9 heteroatoms. The van der Waals surface area contributed by atoms with Gasteiger partial charge in [-0.1, -0.05) is 17.7 Å². The molecule has 0 saturated heterocycles. The van der Waals surface area contributed by atoms with Gasteiger partial charge in [0.2, 0.25) is 10.0 Å². The van der Waals surface area contributed by atoms with E-state index >= 15 is 0 Å². The fraction of sp³-hybridized carbons (Fsp3) is 0.350. The van der Waals surface area contributed by atoms with Gasteiger partial charge in [-0.3, -0.25) is 4.79 Å². The number of carbonyl (C=O) groups excluding carboxylic acids is 1. The Balaban J connectivity index is 2.33. The van der Waals surface area contributed by atoms with Crippen molar-refractivity contribution in [2.75, 3.05) is 13.7 Å². The molecule has 0 unspecified atom stereocenters. The summed E-state index contributed by atoms with van der Waals surface area (Å²) in [5, 5.41) is 0.137. The van der Waals surface area contributed by atoms with Gasteiger partial charge in [-0.15, -0.1) is 0 Å². The second-order valence-electron chi connectivity index (χ2n) is 6.71. The summed E-state index contributed by atoms with van der Waals surface area (Å²) in [6, 6.07) is 8.13. The third-order valence-corrected chi connectivity index (χ3v) is 6.11. The van der Waals surface area contributed by atoms with Gasteiger partial charge >= 0.3 is 0 Å². The summed E-state index contributed by atoms with van der Waals surface area (Å²) in [4.78, 5) is 14.4. The second kappa shape index (κ2) is 9.56. The van der Waals surface area contributed by atoms with Crippen LogP contribution in [0.1, 0.15) is 36.7 Å². The molecule has 2 aromatic carbocycles. The molecule has 0 aliphatic carbocycles. The number of carbonyl (C=O) groups is 1. The van der Waals surface area contributed by atoms with Crippen molar-refractivity contribution in [1.82, 2.24) is 9.62 Å². The van der Waals surface area contributed by atoms with Crippen LogP contribution in [0, 0.1) is 5.82 Å². The minimum absolute atomic E-state index is 0.0505. The number of nitrogens with one attached hydrogen (secondary N) is 1. The lowest BCUT2D eigenvalue weighted by molar-refractivity contribution is 0.0752. The number of hydrogen-bond donors (Lipinski definition) is 1. The number of hydrogen-bond acceptors (Lipinski definition) is 4. The van der Waals surface area contributed by atoms with Gasteiger partial charge in [0.05, 0.1) is 22.6 Å². The quantitative estimate of drug-likeness (QED) is 0.674. The van der Waals surface area contributed by atoms with Crippen LogP contribution in [-0.2, 0) is 16.6 Å². The Labute approximate surface area is 175 Å². The Bertz CT molecular complexity index is 996.